The molecule has 1 amide bonds. The highest BCUT2D eigenvalue weighted by atomic mass is 16.5. The standard InChI is InChI=1S/C21H33N3O3/c1-20(19(25)22-2)8-5-11-23(15-20)16-21(26)9-12-24(13-10-21)17-6-4-7-18(14-17)27-3/h4,6-7,14,26H,5,8-13,15-16H2,1-3H3,(H,22,25). The van der Waals surface area contributed by atoms with E-state index in [4.69, 9.17) is 4.74 Å². The van der Waals surface area contributed by atoms with Crippen LogP contribution in [0.4, 0.5) is 5.69 Å². The van der Waals surface area contributed by atoms with Crippen LogP contribution in [0.1, 0.15) is 32.6 Å². The molecule has 0 saturated carbocycles. The van der Waals surface area contributed by atoms with Crippen LogP contribution in [0.2, 0.25) is 0 Å². The molecule has 1 unspecified atom stereocenters. The lowest BCUT2D eigenvalue weighted by atomic mass is 9.80. The van der Waals surface area contributed by atoms with E-state index in [0.29, 0.717) is 13.1 Å². The van der Waals surface area contributed by atoms with Crippen molar-refractivity contribution in [2.45, 2.75) is 38.2 Å². The zero-order valence-corrected chi connectivity index (χ0v) is 16.8. The Morgan fingerprint density at radius 2 is 2.00 bits per heavy atom. The van der Waals surface area contributed by atoms with Gasteiger partial charge in [-0.05, 0) is 51.3 Å². The van der Waals surface area contributed by atoms with Crippen molar-refractivity contribution < 1.29 is 14.6 Å². The Bertz CT molecular complexity index is 658. The lowest BCUT2D eigenvalue weighted by molar-refractivity contribution is -0.134. The summed E-state index contributed by atoms with van der Waals surface area (Å²) >= 11 is 0. The minimum absolute atomic E-state index is 0.104. The van der Waals surface area contributed by atoms with Crippen LogP contribution < -0.4 is 15.0 Å². The van der Waals surface area contributed by atoms with E-state index in [-0.39, 0.29) is 11.3 Å². The first-order chi connectivity index (χ1) is 12.9. The van der Waals surface area contributed by atoms with Crippen LogP contribution in [-0.2, 0) is 4.79 Å². The molecule has 2 N–H and O–H groups in total. The summed E-state index contributed by atoms with van der Waals surface area (Å²) < 4.78 is 5.32. The summed E-state index contributed by atoms with van der Waals surface area (Å²) in [4.78, 5) is 16.8. The van der Waals surface area contributed by atoms with Gasteiger partial charge in [0.2, 0.25) is 5.91 Å². The van der Waals surface area contributed by atoms with Gasteiger partial charge in [0.15, 0.2) is 0 Å². The van der Waals surface area contributed by atoms with Crippen LogP contribution in [0.3, 0.4) is 0 Å². The average molecular weight is 376 g/mol. The number of hydrogen-bond acceptors (Lipinski definition) is 5. The van der Waals surface area contributed by atoms with Gasteiger partial charge in [-0.25, -0.2) is 0 Å². The molecule has 3 rings (SSSR count). The zero-order chi connectivity index (χ0) is 19.5. The number of carbonyl (C=O) groups excluding carboxylic acids is 1. The van der Waals surface area contributed by atoms with Crippen LogP contribution in [-0.4, -0.2) is 68.4 Å². The maximum absolute atomic E-state index is 12.2. The van der Waals surface area contributed by atoms with E-state index in [0.717, 1.165) is 56.8 Å². The average Bonchev–Trinajstić information content (AvgIpc) is 2.67. The zero-order valence-electron chi connectivity index (χ0n) is 16.8. The Balaban J connectivity index is 1.58. The second-order valence-electron chi connectivity index (χ2n) is 8.37. The number of hydrogen-bond donors (Lipinski definition) is 2. The predicted molar refractivity (Wildman–Crippen MR) is 107 cm³/mol. The molecule has 0 aromatic heterocycles. The SMILES string of the molecule is CNC(=O)C1(C)CCCN(CC2(O)CCN(c3cccc(OC)c3)CC2)C1. The molecule has 2 aliphatic heterocycles. The van der Waals surface area contributed by atoms with Gasteiger partial charge in [0.1, 0.15) is 5.75 Å². The van der Waals surface area contributed by atoms with Gasteiger partial charge < -0.3 is 20.1 Å². The van der Waals surface area contributed by atoms with E-state index >= 15 is 0 Å². The minimum Gasteiger partial charge on any atom is -0.497 e. The highest BCUT2D eigenvalue weighted by molar-refractivity contribution is 5.82. The van der Waals surface area contributed by atoms with Gasteiger partial charge in [-0.3, -0.25) is 9.69 Å². The first-order valence-corrected chi connectivity index (χ1v) is 9.93. The molecule has 0 spiro atoms. The van der Waals surface area contributed by atoms with Crippen molar-refractivity contribution in [2.75, 3.05) is 51.8 Å². The molecule has 2 saturated heterocycles. The minimum atomic E-state index is -0.684. The molecule has 1 aromatic rings. The Hall–Kier alpha value is -1.79. The third kappa shape index (κ3) is 4.55. The third-order valence-electron chi connectivity index (χ3n) is 6.18. The van der Waals surface area contributed by atoms with E-state index in [1.807, 2.05) is 25.1 Å². The number of methoxy groups -OCH3 is 1. The van der Waals surface area contributed by atoms with E-state index in [9.17, 15) is 9.90 Å². The van der Waals surface area contributed by atoms with Gasteiger partial charge in [-0.1, -0.05) is 6.07 Å². The summed E-state index contributed by atoms with van der Waals surface area (Å²) in [6.45, 7) is 6.00. The Labute approximate surface area is 162 Å². The predicted octanol–water partition coefficient (Wildman–Crippen LogP) is 1.87. The fourth-order valence-corrected chi connectivity index (χ4v) is 4.53. The van der Waals surface area contributed by atoms with Gasteiger partial charge in [0, 0.05) is 45.0 Å². The van der Waals surface area contributed by atoms with Crippen molar-refractivity contribution in [3.63, 3.8) is 0 Å². The Kier molecular flexibility index (Phi) is 5.96. The maximum atomic E-state index is 12.2. The number of β-amino-alcohol motifs (C(OH)–C–C–N with tert-alkyl or cyclic N) is 1. The lowest BCUT2D eigenvalue weighted by Crippen LogP contribution is -2.56. The van der Waals surface area contributed by atoms with Crippen molar-refractivity contribution in [3.8, 4) is 5.75 Å². The van der Waals surface area contributed by atoms with Crippen LogP contribution >= 0.6 is 0 Å². The molecule has 0 bridgehead atoms. The number of likely N-dealkylation sites (tertiary alicyclic amines) is 1. The summed E-state index contributed by atoms with van der Waals surface area (Å²) in [6, 6.07) is 8.09. The Morgan fingerprint density at radius 1 is 1.26 bits per heavy atom. The smallest absolute Gasteiger partial charge is 0.226 e. The topological polar surface area (TPSA) is 65.0 Å². The Morgan fingerprint density at radius 3 is 2.67 bits per heavy atom. The molecule has 27 heavy (non-hydrogen) atoms. The third-order valence-corrected chi connectivity index (χ3v) is 6.18. The number of aliphatic hydroxyl groups is 1. The molecule has 0 aliphatic carbocycles. The molecule has 2 fully saturated rings. The van der Waals surface area contributed by atoms with Gasteiger partial charge in [-0.15, -0.1) is 0 Å². The van der Waals surface area contributed by atoms with Crippen LogP contribution in [0.5, 0.6) is 5.75 Å². The van der Waals surface area contributed by atoms with Crippen molar-refractivity contribution in [3.05, 3.63) is 24.3 Å². The molecule has 6 nitrogen and oxygen atoms in total. The van der Waals surface area contributed by atoms with Gasteiger partial charge >= 0.3 is 0 Å². The van der Waals surface area contributed by atoms with Gasteiger partial charge in [-0.2, -0.15) is 0 Å². The molecular formula is C21H33N3O3. The van der Waals surface area contributed by atoms with Crippen molar-refractivity contribution in [1.29, 1.82) is 0 Å². The van der Waals surface area contributed by atoms with E-state index in [1.54, 1.807) is 14.2 Å². The van der Waals surface area contributed by atoms with Crippen LogP contribution in [0, 0.1) is 5.41 Å². The molecule has 2 heterocycles. The monoisotopic (exact) mass is 375 g/mol. The molecular weight excluding hydrogens is 342 g/mol. The summed E-state index contributed by atoms with van der Waals surface area (Å²) in [5.41, 5.74) is 0.0996. The largest absolute Gasteiger partial charge is 0.497 e. The molecule has 2 aliphatic rings. The number of ether oxygens (including phenoxy) is 1. The normalized spacial score (nSPS) is 25.9. The number of rotatable bonds is 5. The fraction of sp³-hybridized carbons (Fsp3) is 0.667. The number of benzene rings is 1. The summed E-state index contributed by atoms with van der Waals surface area (Å²) in [7, 11) is 3.38. The van der Waals surface area contributed by atoms with E-state index < -0.39 is 5.60 Å². The van der Waals surface area contributed by atoms with Gasteiger partial charge in [0.05, 0.1) is 18.1 Å². The quantitative estimate of drug-likeness (QED) is 0.823. The number of piperidine rings is 2. The fourth-order valence-electron chi connectivity index (χ4n) is 4.53. The lowest BCUT2D eigenvalue weighted by Gasteiger charge is -2.45. The number of amides is 1. The first-order valence-electron chi connectivity index (χ1n) is 9.93. The molecule has 1 aromatic carbocycles. The second kappa shape index (κ2) is 8.07. The van der Waals surface area contributed by atoms with E-state index in [2.05, 4.69) is 21.2 Å². The molecule has 0 radical (unpaired) electrons. The van der Waals surface area contributed by atoms with Crippen molar-refractivity contribution in [2.24, 2.45) is 5.41 Å². The molecule has 150 valence electrons. The number of carbonyl (C=O) groups is 1. The maximum Gasteiger partial charge on any atom is 0.226 e. The van der Waals surface area contributed by atoms with Crippen molar-refractivity contribution in [1.82, 2.24) is 10.2 Å². The van der Waals surface area contributed by atoms with Gasteiger partial charge in [0.25, 0.3) is 0 Å². The van der Waals surface area contributed by atoms with Crippen LogP contribution in [0.15, 0.2) is 24.3 Å². The molecule has 1 atom stereocenters. The highest BCUT2D eigenvalue weighted by Crippen LogP contribution is 2.33. The molecule has 6 heteroatoms. The summed E-state index contributed by atoms with van der Waals surface area (Å²) in [5, 5.41) is 14.0. The second-order valence-corrected chi connectivity index (χ2v) is 8.37. The number of nitrogens with one attached hydrogen (secondary N) is 1. The first kappa shape index (κ1) is 20.0. The number of nitrogens with zero attached hydrogens (tertiary/aromatic N) is 2. The number of anilines is 1. The summed E-state index contributed by atoms with van der Waals surface area (Å²) in [6.07, 6.45) is 3.37. The van der Waals surface area contributed by atoms with E-state index in [1.165, 1.54) is 0 Å². The highest BCUT2D eigenvalue weighted by Gasteiger charge is 2.41. The van der Waals surface area contributed by atoms with Crippen molar-refractivity contribution >= 4 is 11.6 Å². The summed E-state index contributed by atoms with van der Waals surface area (Å²) in [5.74, 6) is 0.960. The van der Waals surface area contributed by atoms with Crippen LogP contribution in [0.25, 0.3) is 0 Å².